The summed E-state index contributed by atoms with van der Waals surface area (Å²) in [7, 11) is 1.94. The van der Waals surface area contributed by atoms with E-state index in [-0.39, 0.29) is 10.7 Å². The zero-order chi connectivity index (χ0) is 18.3. The molecule has 1 aromatic carbocycles. The second-order valence-electron chi connectivity index (χ2n) is 5.82. The van der Waals surface area contributed by atoms with Crippen molar-refractivity contribution in [1.82, 2.24) is 9.88 Å². The Hall–Kier alpha value is -2.44. The van der Waals surface area contributed by atoms with Gasteiger partial charge in [-0.3, -0.25) is 19.8 Å². The van der Waals surface area contributed by atoms with Crippen LogP contribution in [0.15, 0.2) is 35.9 Å². The van der Waals surface area contributed by atoms with Gasteiger partial charge in [0.2, 0.25) is 0 Å². The van der Waals surface area contributed by atoms with Crippen LogP contribution in [0.5, 0.6) is 0 Å². The summed E-state index contributed by atoms with van der Waals surface area (Å²) in [5, 5.41) is 3.18. The molecule has 0 atom stereocenters. The van der Waals surface area contributed by atoms with Crippen molar-refractivity contribution in [2.24, 2.45) is 7.05 Å². The lowest BCUT2D eigenvalue weighted by atomic mass is 10.1. The number of anilines is 1. The smallest absolute Gasteiger partial charge is 0.270 e. The average Bonchev–Trinajstić information content (AvgIpc) is 2.80. The number of hydrogen-bond acceptors (Lipinski definition) is 3. The Labute approximate surface area is 155 Å². The maximum Gasteiger partial charge on any atom is 0.270 e. The van der Waals surface area contributed by atoms with Crippen LogP contribution in [-0.2, 0) is 16.6 Å². The maximum atomic E-state index is 12.9. The molecule has 5 nitrogen and oxygen atoms in total. The van der Waals surface area contributed by atoms with Gasteiger partial charge in [0, 0.05) is 23.5 Å². The average molecular weight is 374 g/mol. The molecule has 2 aromatic rings. The van der Waals surface area contributed by atoms with Crippen molar-refractivity contribution < 1.29 is 9.59 Å². The summed E-state index contributed by atoms with van der Waals surface area (Å²) >= 11 is 11.1. The maximum absolute atomic E-state index is 12.9. The molecule has 3 rings (SSSR count). The van der Waals surface area contributed by atoms with Crippen molar-refractivity contribution in [1.29, 1.82) is 0 Å². The highest BCUT2D eigenvalue weighted by Crippen LogP contribution is 2.24. The molecule has 0 bridgehead atoms. The highest BCUT2D eigenvalue weighted by molar-refractivity contribution is 7.80. The van der Waals surface area contributed by atoms with E-state index in [9.17, 15) is 9.59 Å². The zero-order valence-electron chi connectivity index (χ0n) is 14.0. The molecule has 128 valence electrons. The van der Waals surface area contributed by atoms with E-state index in [1.807, 2.05) is 31.5 Å². The third-order valence-corrected chi connectivity index (χ3v) is 4.84. The number of benzene rings is 1. The van der Waals surface area contributed by atoms with Gasteiger partial charge < -0.3 is 4.57 Å². The van der Waals surface area contributed by atoms with E-state index in [1.165, 1.54) is 4.90 Å². The fourth-order valence-corrected chi connectivity index (χ4v) is 3.08. The van der Waals surface area contributed by atoms with Crippen LogP contribution in [0.2, 0.25) is 5.02 Å². The monoisotopic (exact) mass is 373 g/mol. The highest BCUT2D eigenvalue weighted by atomic mass is 35.5. The van der Waals surface area contributed by atoms with Crippen LogP contribution in [0.25, 0.3) is 6.08 Å². The van der Waals surface area contributed by atoms with Crippen molar-refractivity contribution in [3.63, 3.8) is 0 Å². The van der Waals surface area contributed by atoms with E-state index in [0.29, 0.717) is 10.7 Å². The lowest BCUT2D eigenvalue weighted by Gasteiger charge is -2.28. The van der Waals surface area contributed by atoms with Gasteiger partial charge in [-0.15, -0.1) is 0 Å². The molecule has 0 radical (unpaired) electrons. The van der Waals surface area contributed by atoms with Crippen molar-refractivity contribution in [3.8, 4) is 0 Å². The number of rotatable bonds is 2. The molecule has 25 heavy (non-hydrogen) atoms. The topological polar surface area (TPSA) is 54.3 Å². The van der Waals surface area contributed by atoms with E-state index >= 15 is 0 Å². The summed E-state index contributed by atoms with van der Waals surface area (Å²) in [5.74, 6) is -0.960. The SMILES string of the molecule is Cc1cc(/C=C2/C(=O)NC(=S)N(c3ccc(Cl)cc3)C2=O)c(C)n1C. The van der Waals surface area contributed by atoms with Gasteiger partial charge in [-0.05, 0) is 68.0 Å². The molecule has 2 heterocycles. The standard InChI is InChI=1S/C18H16ClN3O2S/c1-10-8-12(11(2)21(10)3)9-15-16(23)20-18(25)22(17(15)24)14-6-4-13(19)5-7-14/h4-9H,1-3H3,(H,20,23,25)/b15-9-. The summed E-state index contributed by atoms with van der Waals surface area (Å²) in [4.78, 5) is 26.5. The molecular formula is C18H16ClN3O2S. The second kappa shape index (κ2) is 6.46. The lowest BCUT2D eigenvalue weighted by Crippen LogP contribution is -2.54. The summed E-state index contributed by atoms with van der Waals surface area (Å²) in [6.07, 6.45) is 1.60. The van der Waals surface area contributed by atoms with E-state index in [1.54, 1.807) is 30.3 Å². The number of carbonyl (C=O) groups is 2. The fraction of sp³-hybridized carbons (Fsp3) is 0.167. The minimum Gasteiger partial charge on any atom is -0.352 e. The van der Waals surface area contributed by atoms with Crippen molar-refractivity contribution in [2.45, 2.75) is 13.8 Å². The summed E-state index contributed by atoms with van der Waals surface area (Å²) < 4.78 is 2.00. The molecule has 1 N–H and O–H groups in total. The van der Waals surface area contributed by atoms with Crippen LogP contribution in [0.3, 0.4) is 0 Å². The summed E-state index contributed by atoms with van der Waals surface area (Å²) in [5.41, 5.74) is 3.42. The number of halogens is 1. The first-order valence-electron chi connectivity index (χ1n) is 7.59. The van der Waals surface area contributed by atoms with Gasteiger partial charge in [-0.2, -0.15) is 0 Å². The van der Waals surface area contributed by atoms with Crippen molar-refractivity contribution in [2.75, 3.05) is 4.90 Å². The van der Waals surface area contributed by atoms with Gasteiger partial charge in [0.1, 0.15) is 5.57 Å². The molecule has 0 unspecified atom stereocenters. The van der Waals surface area contributed by atoms with Crippen molar-refractivity contribution >= 4 is 52.5 Å². The molecule has 1 fully saturated rings. The van der Waals surface area contributed by atoms with Crippen LogP contribution < -0.4 is 10.2 Å². The Kier molecular flexibility index (Phi) is 4.49. The first-order valence-corrected chi connectivity index (χ1v) is 8.38. The predicted molar refractivity (Wildman–Crippen MR) is 103 cm³/mol. The Bertz CT molecular complexity index is 929. The minimum absolute atomic E-state index is 0.0391. The highest BCUT2D eigenvalue weighted by Gasteiger charge is 2.34. The third-order valence-electron chi connectivity index (χ3n) is 4.30. The number of thiocarbonyl (C=S) groups is 1. The van der Waals surface area contributed by atoms with Crippen LogP contribution >= 0.6 is 23.8 Å². The number of aromatic nitrogens is 1. The van der Waals surface area contributed by atoms with Gasteiger partial charge in [-0.1, -0.05) is 11.6 Å². The quantitative estimate of drug-likeness (QED) is 0.500. The van der Waals surface area contributed by atoms with Gasteiger partial charge in [0.25, 0.3) is 11.8 Å². The molecule has 1 aromatic heterocycles. The normalized spacial score (nSPS) is 16.6. The van der Waals surface area contributed by atoms with E-state index in [4.69, 9.17) is 23.8 Å². The molecule has 2 amide bonds. The Morgan fingerprint density at radius 2 is 1.80 bits per heavy atom. The number of nitrogens with zero attached hydrogens (tertiary/aromatic N) is 2. The molecule has 0 aliphatic carbocycles. The van der Waals surface area contributed by atoms with Crippen LogP contribution in [0.4, 0.5) is 5.69 Å². The number of aryl methyl sites for hydroxylation is 1. The Morgan fingerprint density at radius 1 is 1.16 bits per heavy atom. The molecule has 0 saturated carbocycles. The number of nitrogens with one attached hydrogen (secondary N) is 1. The van der Waals surface area contributed by atoms with Gasteiger partial charge in [0.05, 0.1) is 5.69 Å². The van der Waals surface area contributed by atoms with E-state index in [2.05, 4.69) is 5.32 Å². The summed E-state index contributed by atoms with van der Waals surface area (Å²) in [6, 6.07) is 8.62. The minimum atomic E-state index is -0.499. The fourth-order valence-electron chi connectivity index (χ4n) is 2.67. The lowest BCUT2D eigenvalue weighted by molar-refractivity contribution is -0.122. The van der Waals surface area contributed by atoms with E-state index < -0.39 is 11.8 Å². The number of hydrogen-bond donors (Lipinski definition) is 1. The first-order chi connectivity index (χ1) is 11.8. The second-order valence-corrected chi connectivity index (χ2v) is 6.64. The zero-order valence-corrected chi connectivity index (χ0v) is 15.5. The van der Waals surface area contributed by atoms with Crippen molar-refractivity contribution in [3.05, 3.63) is 57.9 Å². The molecular weight excluding hydrogens is 358 g/mol. The number of carbonyl (C=O) groups excluding carboxylic acids is 2. The molecule has 1 aliphatic rings. The first kappa shape index (κ1) is 17.4. The van der Waals surface area contributed by atoms with Gasteiger partial charge in [0.15, 0.2) is 5.11 Å². The van der Waals surface area contributed by atoms with Crippen LogP contribution in [-0.4, -0.2) is 21.5 Å². The van der Waals surface area contributed by atoms with Gasteiger partial charge >= 0.3 is 0 Å². The largest absolute Gasteiger partial charge is 0.352 e. The molecule has 1 aliphatic heterocycles. The summed E-state index contributed by atoms with van der Waals surface area (Å²) in [6.45, 7) is 3.90. The van der Waals surface area contributed by atoms with E-state index in [0.717, 1.165) is 17.0 Å². The molecule has 0 spiro atoms. The number of amides is 2. The van der Waals surface area contributed by atoms with Crippen LogP contribution in [0, 0.1) is 13.8 Å². The van der Waals surface area contributed by atoms with Gasteiger partial charge in [-0.25, -0.2) is 0 Å². The Morgan fingerprint density at radius 3 is 2.36 bits per heavy atom. The predicted octanol–water partition coefficient (Wildman–Crippen LogP) is 3.13. The third kappa shape index (κ3) is 3.10. The van der Waals surface area contributed by atoms with Crippen LogP contribution in [0.1, 0.15) is 17.0 Å². The Balaban J connectivity index is 2.05. The molecule has 7 heteroatoms. The molecule has 1 saturated heterocycles.